The van der Waals surface area contributed by atoms with E-state index in [9.17, 15) is 18.0 Å². The standard InChI is InChI=1S/C21H27OS.C7H7NO.CHF3S/c1-2-8-17(9-3-1)16-22-20-12-13-21(23-14-6-7-15-23)19-11-5-4-10-18(19)20;8-7(9)6-4-2-1-3-5-6;2-1(3,4)5/h4-5,10-13,17H,1-3,6-9,14-16H2;1-5H,(H2,8,9);5H/q+1;;. The maximum Gasteiger partial charge on any atom is 0.438 e. The molecule has 1 aliphatic heterocycles. The Bertz CT molecular complexity index is 1110. The van der Waals surface area contributed by atoms with Crippen LogP contribution < -0.4 is 10.5 Å². The van der Waals surface area contributed by atoms with Crippen molar-refractivity contribution in [2.45, 2.75) is 55.3 Å². The summed E-state index contributed by atoms with van der Waals surface area (Å²) in [4.78, 5) is 12.0. The molecule has 3 nitrogen and oxygen atoms in total. The Kier molecular flexibility index (Phi) is 11.5. The van der Waals surface area contributed by atoms with Gasteiger partial charge in [-0.1, -0.05) is 68.3 Å². The number of benzene rings is 3. The van der Waals surface area contributed by atoms with Crippen molar-refractivity contribution in [3.05, 3.63) is 72.3 Å². The molecule has 1 aliphatic carbocycles. The molecular formula is C29H35F3NO2S2+. The van der Waals surface area contributed by atoms with E-state index in [2.05, 4.69) is 49.0 Å². The summed E-state index contributed by atoms with van der Waals surface area (Å²) in [5.41, 5.74) is 1.22. The van der Waals surface area contributed by atoms with Gasteiger partial charge in [-0.2, -0.15) is 13.2 Å². The Morgan fingerprint density at radius 2 is 1.43 bits per heavy atom. The lowest BCUT2D eigenvalue weighted by atomic mass is 9.90. The summed E-state index contributed by atoms with van der Waals surface area (Å²) in [6.07, 6.45) is 9.68. The molecule has 1 saturated carbocycles. The second-order valence-corrected chi connectivity index (χ2v) is 12.0. The monoisotopic (exact) mass is 550 g/mol. The number of nitrogens with two attached hydrogens (primary N) is 1. The van der Waals surface area contributed by atoms with Gasteiger partial charge in [0.05, 0.1) is 6.61 Å². The highest BCUT2D eigenvalue weighted by atomic mass is 32.2. The molecule has 2 N–H and O–H groups in total. The largest absolute Gasteiger partial charge is 0.493 e. The molecule has 0 spiro atoms. The van der Waals surface area contributed by atoms with Gasteiger partial charge in [0.15, 0.2) is 4.90 Å². The lowest BCUT2D eigenvalue weighted by Crippen LogP contribution is -2.15. The zero-order chi connectivity index (χ0) is 26.7. The molecule has 3 aromatic rings. The van der Waals surface area contributed by atoms with Crippen LogP contribution in [0.4, 0.5) is 13.2 Å². The first kappa shape index (κ1) is 29.2. The number of rotatable bonds is 5. The van der Waals surface area contributed by atoms with E-state index >= 15 is 0 Å². The maximum absolute atomic E-state index is 10.4. The van der Waals surface area contributed by atoms with Crippen molar-refractivity contribution in [1.29, 1.82) is 0 Å². The van der Waals surface area contributed by atoms with E-state index in [1.165, 1.54) is 67.2 Å². The number of halogens is 3. The number of thiol groups is 1. The zero-order valence-corrected chi connectivity index (χ0v) is 22.6. The van der Waals surface area contributed by atoms with E-state index in [1.807, 2.05) is 6.07 Å². The van der Waals surface area contributed by atoms with Crippen molar-refractivity contribution in [3.8, 4) is 5.75 Å². The highest BCUT2D eigenvalue weighted by molar-refractivity contribution is 7.97. The second-order valence-electron chi connectivity index (χ2n) is 9.23. The lowest BCUT2D eigenvalue weighted by molar-refractivity contribution is -0.0303. The second kappa shape index (κ2) is 14.6. The maximum atomic E-state index is 10.4. The molecule has 1 saturated heterocycles. The first-order valence-electron chi connectivity index (χ1n) is 12.7. The van der Waals surface area contributed by atoms with Crippen molar-refractivity contribution in [2.24, 2.45) is 11.7 Å². The Morgan fingerprint density at radius 3 is 2.00 bits per heavy atom. The van der Waals surface area contributed by atoms with Crippen LogP contribution in [0.25, 0.3) is 10.8 Å². The van der Waals surface area contributed by atoms with E-state index in [4.69, 9.17) is 10.5 Å². The molecule has 200 valence electrons. The topological polar surface area (TPSA) is 52.3 Å². The Morgan fingerprint density at radius 1 is 0.865 bits per heavy atom. The van der Waals surface area contributed by atoms with Crippen molar-refractivity contribution in [1.82, 2.24) is 0 Å². The van der Waals surface area contributed by atoms with E-state index in [1.54, 1.807) is 29.2 Å². The van der Waals surface area contributed by atoms with Gasteiger partial charge < -0.3 is 10.5 Å². The Hall–Kier alpha value is -2.32. The van der Waals surface area contributed by atoms with Crippen LogP contribution in [-0.4, -0.2) is 29.5 Å². The number of amides is 1. The van der Waals surface area contributed by atoms with Gasteiger partial charge in [-0.3, -0.25) is 4.79 Å². The van der Waals surface area contributed by atoms with Crippen molar-refractivity contribution < 1.29 is 22.7 Å². The van der Waals surface area contributed by atoms with Gasteiger partial charge in [0.25, 0.3) is 0 Å². The number of carbonyl (C=O) groups is 1. The van der Waals surface area contributed by atoms with Crippen LogP contribution >= 0.6 is 12.6 Å². The molecule has 2 fully saturated rings. The molecule has 0 radical (unpaired) electrons. The summed E-state index contributed by atoms with van der Waals surface area (Å²) < 4.78 is 36.9. The van der Waals surface area contributed by atoms with Crippen molar-refractivity contribution in [2.75, 3.05) is 18.1 Å². The Labute approximate surface area is 225 Å². The SMILES string of the molecule is FC(F)(F)S.NC(=O)c1ccccc1.c1ccc2c([S+]3CCCC3)ccc(OCC3CCCCC3)c2c1. The van der Waals surface area contributed by atoms with Crippen LogP contribution in [-0.2, 0) is 10.9 Å². The number of primary amides is 1. The van der Waals surface area contributed by atoms with Gasteiger partial charge >= 0.3 is 5.51 Å². The van der Waals surface area contributed by atoms with Gasteiger partial charge in [-0.15, -0.1) is 0 Å². The van der Waals surface area contributed by atoms with Gasteiger partial charge in [0.1, 0.15) is 17.3 Å². The predicted molar refractivity (Wildman–Crippen MR) is 151 cm³/mol. The van der Waals surface area contributed by atoms with E-state index in [0.717, 1.165) is 18.3 Å². The first-order chi connectivity index (χ1) is 17.7. The fraction of sp³-hybridized carbons (Fsp3) is 0.414. The molecular weight excluding hydrogens is 515 g/mol. The van der Waals surface area contributed by atoms with Crippen LogP contribution in [0.1, 0.15) is 55.3 Å². The van der Waals surface area contributed by atoms with Crippen molar-refractivity contribution in [3.63, 3.8) is 0 Å². The number of fused-ring (bicyclic) bond motifs is 1. The van der Waals surface area contributed by atoms with Gasteiger partial charge in [0.2, 0.25) is 5.91 Å². The van der Waals surface area contributed by atoms with Crippen LogP contribution in [0.2, 0.25) is 0 Å². The molecule has 1 amide bonds. The average Bonchev–Trinajstić information content (AvgIpc) is 3.43. The van der Waals surface area contributed by atoms with E-state index in [0.29, 0.717) is 16.5 Å². The van der Waals surface area contributed by atoms with Crippen LogP contribution in [0.3, 0.4) is 0 Å². The minimum absolute atomic E-state index is 0.379. The average molecular weight is 551 g/mol. The normalized spacial score (nSPS) is 16.3. The molecule has 37 heavy (non-hydrogen) atoms. The number of carbonyl (C=O) groups excluding carboxylic acids is 1. The summed E-state index contributed by atoms with van der Waals surface area (Å²) in [6, 6.07) is 22.2. The fourth-order valence-electron chi connectivity index (χ4n) is 4.66. The third-order valence-electron chi connectivity index (χ3n) is 6.44. The quantitative estimate of drug-likeness (QED) is 0.252. The number of alkyl halides is 3. The smallest absolute Gasteiger partial charge is 0.438 e. The number of hydrogen-bond acceptors (Lipinski definition) is 3. The summed E-state index contributed by atoms with van der Waals surface area (Å²) in [7, 11) is 0.463. The molecule has 2 aliphatic rings. The molecule has 3 aromatic carbocycles. The highest BCUT2D eigenvalue weighted by Crippen LogP contribution is 2.35. The first-order valence-corrected chi connectivity index (χ1v) is 14.7. The lowest BCUT2D eigenvalue weighted by Gasteiger charge is -2.22. The fourth-order valence-corrected chi connectivity index (χ4v) is 7.16. The number of ether oxygens (including phenoxy) is 1. The molecule has 8 heteroatoms. The third-order valence-corrected chi connectivity index (χ3v) is 8.99. The van der Waals surface area contributed by atoms with Gasteiger partial charge in [-0.25, -0.2) is 0 Å². The zero-order valence-electron chi connectivity index (χ0n) is 20.9. The molecule has 0 atom stereocenters. The van der Waals surface area contributed by atoms with Crippen LogP contribution in [0.15, 0.2) is 71.6 Å². The van der Waals surface area contributed by atoms with Crippen molar-refractivity contribution >= 4 is 40.2 Å². The molecule has 1 heterocycles. The number of hydrogen-bond donors (Lipinski definition) is 2. The van der Waals surface area contributed by atoms with Gasteiger partial charge in [0, 0.05) is 27.2 Å². The molecule has 0 aromatic heterocycles. The Balaban J connectivity index is 0.000000225. The summed E-state index contributed by atoms with van der Waals surface area (Å²) in [5, 5.41) is 2.75. The summed E-state index contributed by atoms with van der Waals surface area (Å²) in [6.45, 7) is 0.898. The van der Waals surface area contributed by atoms with Crippen LogP contribution in [0.5, 0.6) is 5.75 Å². The molecule has 0 unspecified atom stereocenters. The van der Waals surface area contributed by atoms with E-state index in [-0.39, 0.29) is 5.91 Å². The van der Waals surface area contributed by atoms with Crippen LogP contribution in [0, 0.1) is 5.92 Å². The molecule has 5 rings (SSSR count). The minimum atomic E-state index is -4.31. The van der Waals surface area contributed by atoms with E-state index < -0.39 is 5.51 Å². The summed E-state index contributed by atoms with van der Waals surface area (Å²) >= 11 is 2.12. The highest BCUT2D eigenvalue weighted by Gasteiger charge is 2.29. The summed E-state index contributed by atoms with van der Waals surface area (Å²) in [5.74, 6) is 4.24. The molecule has 0 bridgehead atoms. The van der Waals surface area contributed by atoms with Gasteiger partial charge in [-0.05, 0) is 61.9 Å². The minimum Gasteiger partial charge on any atom is -0.493 e. The third kappa shape index (κ3) is 10.2. The predicted octanol–water partition coefficient (Wildman–Crippen LogP) is 7.79.